The molecule has 0 amide bonds. The third-order valence-electron chi connectivity index (χ3n) is 4.37. The minimum Gasteiger partial charge on any atom is -0.478 e. The van der Waals surface area contributed by atoms with Gasteiger partial charge < -0.3 is 15.1 Å². The van der Waals surface area contributed by atoms with Crippen LogP contribution in [0.2, 0.25) is 0 Å². The van der Waals surface area contributed by atoms with Crippen molar-refractivity contribution in [3.8, 4) is 0 Å². The first-order valence-electron chi connectivity index (χ1n) is 9.95. The summed E-state index contributed by atoms with van der Waals surface area (Å²) in [4.78, 5) is 21.5. The Balaban J connectivity index is 0.000000547. The summed E-state index contributed by atoms with van der Waals surface area (Å²) in [6, 6.07) is 15.3. The second-order valence-corrected chi connectivity index (χ2v) is 9.14. The lowest BCUT2D eigenvalue weighted by Gasteiger charge is -2.16. The van der Waals surface area contributed by atoms with E-state index in [1.165, 1.54) is 29.8 Å². The fourth-order valence-corrected chi connectivity index (χ4v) is 4.02. The van der Waals surface area contributed by atoms with Crippen molar-refractivity contribution in [2.45, 2.75) is 24.2 Å². The normalized spacial score (nSPS) is 11.2. The summed E-state index contributed by atoms with van der Waals surface area (Å²) in [5.41, 5.74) is 1.31. The van der Waals surface area contributed by atoms with E-state index in [0.29, 0.717) is 18.6 Å². The maximum absolute atomic E-state index is 12.9. The number of carbonyl (C=O) groups is 2. The Bertz CT molecular complexity index is 959. The lowest BCUT2D eigenvalue weighted by atomic mass is 10.1. The van der Waals surface area contributed by atoms with E-state index >= 15 is 0 Å². The van der Waals surface area contributed by atoms with Crippen LogP contribution in [0.1, 0.15) is 18.4 Å². The molecule has 0 saturated heterocycles. The van der Waals surface area contributed by atoms with E-state index in [9.17, 15) is 22.4 Å². The Hall–Kier alpha value is -3.04. The molecule has 0 spiro atoms. The topological polar surface area (TPSA) is 112 Å². The average Bonchev–Trinajstić information content (AvgIpc) is 2.75. The number of hydrogen-bond acceptors (Lipinski definition) is 5. The van der Waals surface area contributed by atoms with Crippen molar-refractivity contribution in [2.24, 2.45) is 0 Å². The zero-order chi connectivity index (χ0) is 24.0. The van der Waals surface area contributed by atoms with Crippen molar-refractivity contribution < 1.29 is 32.6 Å². The van der Waals surface area contributed by atoms with Gasteiger partial charge in [0.05, 0.1) is 10.6 Å². The minimum absolute atomic E-state index is 0.102. The summed E-state index contributed by atoms with van der Waals surface area (Å²) >= 11 is 0. The van der Waals surface area contributed by atoms with Crippen molar-refractivity contribution >= 4 is 21.8 Å². The molecule has 174 valence electrons. The van der Waals surface area contributed by atoms with Crippen molar-refractivity contribution in [1.29, 1.82) is 0 Å². The summed E-state index contributed by atoms with van der Waals surface area (Å²) in [5, 5.41) is 15.6. The molecule has 0 heterocycles. The zero-order valence-corrected chi connectivity index (χ0v) is 18.7. The molecule has 0 aromatic heterocycles. The summed E-state index contributed by atoms with van der Waals surface area (Å²) in [5.74, 6) is -2.83. The first kappa shape index (κ1) is 27.0. The Morgan fingerprint density at radius 2 is 1.47 bits per heavy atom. The third kappa shape index (κ3) is 12.0. The van der Waals surface area contributed by atoms with Gasteiger partial charge in [-0.05, 0) is 62.7 Å². The summed E-state index contributed by atoms with van der Waals surface area (Å²) in [6.07, 6.45) is 3.54. The molecular weight excluding hydrogens is 437 g/mol. The molecule has 0 fully saturated rings. The van der Waals surface area contributed by atoms with Crippen molar-refractivity contribution in [1.82, 2.24) is 4.90 Å². The quantitative estimate of drug-likeness (QED) is 0.298. The fraction of sp³-hybridized carbons (Fsp3) is 0.304. The molecule has 0 aliphatic carbocycles. The highest BCUT2D eigenvalue weighted by atomic mass is 32.2. The van der Waals surface area contributed by atoms with Crippen molar-refractivity contribution in [3.63, 3.8) is 0 Å². The number of carboxylic acid groups (broad SMARTS) is 2. The van der Waals surface area contributed by atoms with Gasteiger partial charge in [0.25, 0.3) is 0 Å². The van der Waals surface area contributed by atoms with Crippen LogP contribution >= 0.6 is 0 Å². The Kier molecular flexibility index (Phi) is 11.9. The van der Waals surface area contributed by atoms with Gasteiger partial charge in [0.2, 0.25) is 0 Å². The Morgan fingerprint density at radius 3 is 2.00 bits per heavy atom. The SMILES string of the molecule is CN(CCCCS(=O)(=O)c1ccc(F)cc1)CCc1ccccc1.O=C(O)/C=C\C(=O)O. The zero-order valence-electron chi connectivity index (χ0n) is 17.9. The number of rotatable bonds is 11. The van der Waals surface area contributed by atoms with Gasteiger partial charge in [-0.3, -0.25) is 0 Å². The summed E-state index contributed by atoms with van der Waals surface area (Å²) in [7, 11) is -1.26. The van der Waals surface area contributed by atoms with E-state index in [4.69, 9.17) is 10.2 Å². The van der Waals surface area contributed by atoms with Crippen LogP contribution in [0.15, 0.2) is 71.6 Å². The van der Waals surface area contributed by atoms with E-state index in [1.807, 2.05) is 18.2 Å². The average molecular weight is 466 g/mol. The smallest absolute Gasteiger partial charge is 0.328 e. The molecule has 0 aliphatic heterocycles. The number of nitrogens with zero attached hydrogens (tertiary/aromatic N) is 1. The largest absolute Gasteiger partial charge is 0.478 e. The van der Waals surface area contributed by atoms with Crippen molar-refractivity contribution in [2.75, 3.05) is 25.9 Å². The Morgan fingerprint density at radius 1 is 0.906 bits per heavy atom. The number of unbranched alkanes of at least 4 members (excludes halogenated alkanes) is 1. The molecule has 2 aromatic carbocycles. The van der Waals surface area contributed by atoms with Crippen LogP contribution in [0.5, 0.6) is 0 Å². The molecular formula is C23H28FNO6S. The van der Waals surface area contributed by atoms with Gasteiger partial charge in [-0.15, -0.1) is 0 Å². The van der Waals surface area contributed by atoms with Gasteiger partial charge in [-0.2, -0.15) is 0 Å². The van der Waals surface area contributed by atoms with Crippen LogP contribution in [0.25, 0.3) is 0 Å². The van der Waals surface area contributed by atoms with E-state index in [2.05, 4.69) is 24.1 Å². The predicted octanol–water partition coefficient (Wildman–Crippen LogP) is 3.27. The van der Waals surface area contributed by atoms with Crippen LogP contribution in [0.3, 0.4) is 0 Å². The fourth-order valence-electron chi connectivity index (χ4n) is 2.65. The highest BCUT2D eigenvalue weighted by Crippen LogP contribution is 2.13. The van der Waals surface area contributed by atoms with Crippen LogP contribution in [0.4, 0.5) is 4.39 Å². The molecule has 0 saturated carbocycles. The van der Waals surface area contributed by atoms with Gasteiger partial charge in [0.1, 0.15) is 5.82 Å². The summed E-state index contributed by atoms with van der Waals surface area (Å²) < 4.78 is 37.2. The third-order valence-corrected chi connectivity index (χ3v) is 6.19. The van der Waals surface area contributed by atoms with Gasteiger partial charge in [-0.1, -0.05) is 30.3 Å². The second kappa shape index (κ2) is 14.1. The minimum atomic E-state index is -3.32. The highest BCUT2D eigenvalue weighted by Gasteiger charge is 2.14. The van der Waals surface area contributed by atoms with Crippen LogP contribution < -0.4 is 0 Å². The molecule has 0 atom stereocenters. The van der Waals surface area contributed by atoms with Crippen LogP contribution in [-0.4, -0.2) is 61.4 Å². The lowest BCUT2D eigenvalue weighted by Crippen LogP contribution is -2.23. The van der Waals surface area contributed by atoms with Crippen LogP contribution in [-0.2, 0) is 25.8 Å². The number of benzene rings is 2. The lowest BCUT2D eigenvalue weighted by molar-refractivity contribution is -0.134. The molecule has 0 unspecified atom stereocenters. The van der Waals surface area contributed by atoms with E-state index < -0.39 is 27.6 Å². The first-order valence-corrected chi connectivity index (χ1v) is 11.6. The number of halogens is 1. The molecule has 9 heteroatoms. The predicted molar refractivity (Wildman–Crippen MR) is 120 cm³/mol. The molecule has 2 rings (SSSR count). The number of hydrogen-bond donors (Lipinski definition) is 2. The van der Waals surface area contributed by atoms with Crippen LogP contribution in [0, 0.1) is 5.82 Å². The molecule has 2 N–H and O–H groups in total. The number of carboxylic acids is 2. The summed E-state index contributed by atoms with van der Waals surface area (Å²) in [6.45, 7) is 1.82. The Labute approximate surface area is 187 Å². The maximum Gasteiger partial charge on any atom is 0.328 e. The van der Waals surface area contributed by atoms with E-state index in [1.54, 1.807) is 0 Å². The molecule has 0 aliphatic rings. The molecule has 2 aromatic rings. The highest BCUT2D eigenvalue weighted by molar-refractivity contribution is 7.91. The maximum atomic E-state index is 12.9. The van der Waals surface area contributed by atoms with E-state index in [0.717, 1.165) is 25.9 Å². The second-order valence-electron chi connectivity index (χ2n) is 7.03. The monoisotopic (exact) mass is 465 g/mol. The van der Waals surface area contributed by atoms with Gasteiger partial charge >= 0.3 is 11.9 Å². The van der Waals surface area contributed by atoms with E-state index in [-0.39, 0.29) is 10.6 Å². The van der Waals surface area contributed by atoms with Gasteiger partial charge in [0.15, 0.2) is 9.84 Å². The molecule has 0 bridgehead atoms. The molecule has 7 nitrogen and oxygen atoms in total. The first-order chi connectivity index (χ1) is 15.1. The van der Waals surface area contributed by atoms with Crippen molar-refractivity contribution in [3.05, 3.63) is 78.1 Å². The number of likely N-dealkylation sites (N-methyl/N-ethyl adjacent to an activating group) is 1. The molecule has 0 radical (unpaired) electrons. The number of sulfone groups is 1. The standard InChI is InChI=1S/C19H24FNO2S.C4H4O4/c1-21(15-13-17-7-3-2-4-8-17)14-5-6-16-24(22,23)19-11-9-18(20)10-12-19;5-3(6)1-2-4(7)8/h2-4,7-12H,5-6,13-16H2,1H3;1-2H,(H,5,6)(H,7,8)/b;2-1-. The van der Waals surface area contributed by atoms with Gasteiger partial charge in [0, 0.05) is 18.7 Å². The number of aliphatic carboxylic acids is 2. The van der Waals surface area contributed by atoms with Gasteiger partial charge in [-0.25, -0.2) is 22.4 Å². The molecule has 32 heavy (non-hydrogen) atoms.